The number of benzene rings is 1. The van der Waals surface area contributed by atoms with Crippen LogP contribution in [-0.2, 0) is 13.1 Å². The minimum atomic E-state index is 0. The van der Waals surface area contributed by atoms with Gasteiger partial charge in [0.25, 0.3) is 5.91 Å². The van der Waals surface area contributed by atoms with E-state index in [0.717, 1.165) is 50.4 Å². The van der Waals surface area contributed by atoms with Gasteiger partial charge in [-0.1, -0.05) is 12.1 Å². The Morgan fingerprint density at radius 2 is 1.64 bits per heavy atom. The minimum absolute atomic E-state index is 0. The maximum atomic E-state index is 12.7. The zero-order chi connectivity index (χ0) is 20.8. The Hall–Kier alpha value is -2.63. The second-order valence-electron chi connectivity index (χ2n) is 7.48. The minimum Gasteiger partial charge on any atom is -0.337 e. The number of nitrogens with zero attached hydrogens (tertiary/aromatic N) is 6. The molecule has 0 aliphatic carbocycles. The smallest absolute Gasteiger partial charge is 0.254 e. The molecule has 0 bridgehead atoms. The van der Waals surface area contributed by atoms with Gasteiger partial charge in [0, 0.05) is 63.4 Å². The Morgan fingerprint density at radius 3 is 2.33 bits per heavy atom. The molecule has 1 amide bonds. The van der Waals surface area contributed by atoms with E-state index in [1.807, 2.05) is 41.7 Å². The summed E-state index contributed by atoms with van der Waals surface area (Å²) in [5.74, 6) is 0.0742. The monoisotopic (exact) mass is 508 g/mol. The summed E-state index contributed by atoms with van der Waals surface area (Å²) in [5.41, 5.74) is 3.64. The molecule has 1 aliphatic heterocycles. The molecule has 7 nitrogen and oxygen atoms in total. The van der Waals surface area contributed by atoms with Crippen molar-refractivity contribution in [3.63, 3.8) is 0 Å². The van der Waals surface area contributed by atoms with Gasteiger partial charge in [0.05, 0.1) is 23.7 Å². The van der Waals surface area contributed by atoms with E-state index in [1.54, 1.807) is 24.5 Å². The van der Waals surface area contributed by atoms with E-state index in [4.69, 9.17) is 5.26 Å². The molecule has 33 heavy (non-hydrogen) atoms. The highest BCUT2D eigenvalue weighted by Gasteiger charge is 2.21. The number of hydrogen-bond donors (Lipinski definition) is 0. The van der Waals surface area contributed by atoms with Crippen LogP contribution in [0.2, 0.25) is 0 Å². The number of imidazole rings is 1. The Balaban J connectivity index is 0.00000181. The van der Waals surface area contributed by atoms with Crippen LogP contribution in [-0.4, -0.2) is 56.4 Å². The topological polar surface area (TPSA) is 78.0 Å². The highest BCUT2D eigenvalue weighted by atomic mass is 35.5. The summed E-state index contributed by atoms with van der Waals surface area (Å²) in [7, 11) is 0. The summed E-state index contributed by atoms with van der Waals surface area (Å²) in [5, 5.41) is 8.95. The van der Waals surface area contributed by atoms with Crippen molar-refractivity contribution >= 4 is 43.1 Å². The van der Waals surface area contributed by atoms with Gasteiger partial charge in [-0.3, -0.25) is 14.7 Å². The molecule has 2 aromatic heterocycles. The molecule has 10 heteroatoms. The second-order valence-corrected chi connectivity index (χ2v) is 7.48. The van der Waals surface area contributed by atoms with Crippen molar-refractivity contribution in [2.45, 2.75) is 19.5 Å². The summed E-state index contributed by atoms with van der Waals surface area (Å²) in [6.45, 7) is 4.78. The first-order chi connectivity index (χ1) is 14.7. The van der Waals surface area contributed by atoms with Gasteiger partial charge in [-0.25, -0.2) is 4.98 Å². The first-order valence-corrected chi connectivity index (χ1v) is 10.1. The lowest BCUT2D eigenvalue weighted by Gasteiger charge is -2.22. The number of aromatic nitrogens is 3. The Labute approximate surface area is 212 Å². The highest BCUT2D eigenvalue weighted by Crippen LogP contribution is 2.13. The number of hydrogen-bond acceptors (Lipinski definition) is 5. The highest BCUT2D eigenvalue weighted by molar-refractivity contribution is 5.94. The number of carbonyl (C=O) groups is 1. The number of rotatable bonds is 5. The molecule has 4 rings (SSSR count). The van der Waals surface area contributed by atoms with Gasteiger partial charge in [-0.05, 0) is 36.2 Å². The zero-order valence-electron chi connectivity index (χ0n) is 18.0. The third-order valence-corrected chi connectivity index (χ3v) is 5.42. The van der Waals surface area contributed by atoms with Gasteiger partial charge in [0.15, 0.2) is 0 Å². The van der Waals surface area contributed by atoms with Crippen LogP contribution in [0, 0.1) is 11.3 Å². The normalized spacial score (nSPS) is 13.5. The van der Waals surface area contributed by atoms with Crippen LogP contribution in [0.4, 0.5) is 0 Å². The molecule has 1 aromatic carbocycles. The van der Waals surface area contributed by atoms with Gasteiger partial charge < -0.3 is 9.47 Å². The average Bonchev–Trinajstić information content (AvgIpc) is 3.08. The largest absolute Gasteiger partial charge is 0.337 e. The van der Waals surface area contributed by atoms with Gasteiger partial charge >= 0.3 is 0 Å². The first-order valence-electron chi connectivity index (χ1n) is 10.1. The van der Waals surface area contributed by atoms with Crippen LogP contribution in [0.25, 0.3) is 0 Å². The van der Waals surface area contributed by atoms with Crippen molar-refractivity contribution in [2.24, 2.45) is 0 Å². The Morgan fingerprint density at radius 1 is 0.909 bits per heavy atom. The maximum Gasteiger partial charge on any atom is 0.254 e. The van der Waals surface area contributed by atoms with E-state index in [0.29, 0.717) is 17.7 Å². The van der Waals surface area contributed by atoms with Crippen molar-refractivity contribution in [1.82, 2.24) is 24.3 Å². The molecule has 0 radical (unpaired) electrons. The molecule has 176 valence electrons. The number of nitriles is 1. The lowest BCUT2D eigenvalue weighted by Crippen LogP contribution is -2.35. The van der Waals surface area contributed by atoms with Crippen molar-refractivity contribution < 1.29 is 4.79 Å². The Bertz CT molecular complexity index is 1040. The number of pyridine rings is 1. The van der Waals surface area contributed by atoms with Crippen LogP contribution in [0.15, 0.2) is 61.3 Å². The predicted molar refractivity (Wildman–Crippen MR) is 134 cm³/mol. The number of halogens is 3. The summed E-state index contributed by atoms with van der Waals surface area (Å²) < 4.78 is 2.15. The average molecular weight is 510 g/mol. The summed E-state index contributed by atoms with van der Waals surface area (Å²) in [4.78, 5) is 25.4. The quantitative estimate of drug-likeness (QED) is 0.523. The molecule has 3 aromatic rings. The molecule has 0 saturated carbocycles. The molecule has 0 unspecified atom stereocenters. The van der Waals surface area contributed by atoms with E-state index in [-0.39, 0.29) is 43.1 Å². The van der Waals surface area contributed by atoms with Gasteiger partial charge in [0.2, 0.25) is 0 Å². The summed E-state index contributed by atoms with van der Waals surface area (Å²) in [6, 6.07) is 13.3. The first kappa shape index (κ1) is 28.4. The maximum absolute atomic E-state index is 12.7. The standard InChI is InChI=1S/C23H24N6O.3ClH/c24-14-19-2-4-20(5-3-19)16-29-18-26-15-22(29)17-27-10-1-11-28(13-12-27)23(30)21-6-8-25-9-7-21;;;/h2-9,15,18H,1,10-13,16-17H2;3*1H. The lowest BCUT2D eigenvalue weighted by molar-refractivity contribution is 0.0761. The second kappa shape index (κ2) is 13.8. The number of amides is 1. The predicted octanol–water partition coefficient (Wildman–Crippen LogP) is 3.81. The van der Waals surface area contributed by atoms with Gasteiger partial charge in [-0.2, -0.15) is 5.26 Å². The van der Waals surface area contributed by atoms with E-state index >= 15 is 0 Å². The van der Waals surface area contributed by atoms with Crippen LogP contribution >= 0.6 is 37.2 Å². The Kier molecular flexibility index (Phi) is 11.9. The van der Waals surface area contributed by atoms with Crippen molar-refractivity contribution in [1.29, 1.82) is 5.26 Å². The van der Waals surface area contributed by atoms with Gasteiger partial charge in [0.1, 0.15) is 0 Å². The van der Waals surface area contributed by atoms with Crippen molar-refractivity contribution in [3.8, 4) is 6.07 Å². The molecule has 3 heterocycles. The molecule has 0 N–H and O–H groups in total. The molecular weight excluding hydrogens is 483 g/mol. The van der Waals surface area contributed by atoms with Gasteiger partial charge in [-0.15, -0.1) is 37.2 Å². The number of carbonyl (C=O) groups excluding carboxylic acids is 1. The van der Waals surface area contributed by atoms with Crippen LogP contribution in [0.5, 0.6) is 0 Å². The molecule has 0 spiro atoms. The fourth-order valence-electron chi connectivity index (χ4n) is 3.74. The fourth-order valence-corrected chi connectivity index (χ4v) is 3.74. The third kappa shape index (κ3) is 7.44. The van der Waals surface area contributed by atoms with Crippen LogP contribution in [0.3, 0.4) is 0 Å². The van der Waals surface area contributed by atoms with Crippen LogP contribution in [0.1, 0.15) is 33.6 Å². The van der Waals surface area contributed by atoms with Crippen molar-refractivity contribution in [3.05, 3.63) is 83.7 Å². The van der Waals surface area contributed by atoms with E-state index < -0.39 is 0 Å². The van der Waals surface area contributed by atoms with Crippen molar-refractivity contribution in [2.75, 3.05) is 26.2 Å². The molecule has 1 aliphatic rings. The summed E-state index contributed by atoms with van der Waals surface area (Å²) in [6.07, 6.45) is 8.03. The van der Waals surface area contributed by atoms with Crippen LogP contribution < -0.4 is 0 Å². The SMILES string of the molecule is Cl.Cl.Cl.N#Cc1ccc(Cn2cncc2CN2CCCN(C(=O)c3ccncc3)CC2)cc1. The lowest BCUT2D eigenvalue weighted by atomic mass is 10.1. The third-order valence-electron chi connectivity index (χ3n) is 5.42. The van der Waals surface area contributed by atoms with E-state index in [2.05, 4.69) is 25.5 Å². The molecule has 1 saturated heterocycles. The molecule has 0 atom stereocenters. The fraction of sp³-hybridized carbons (Fsp3) is 0.304. The molecular formula is C23H27Cl3N6O. The van der Waals surface area contributed by atoms with E-state index in [9.17, 15) is 4.79 Å². The van der Waals surface area contributed by atoms with E-state index in [1.165, 1.54) is 0 Å². The zero-order valence-corrected chi connectivity index (χ0v) is 20.5. The summed E-state index contributed by atoms with van der Waals surface area (Å²) >= 11 is 0. The molecule has 1 fully saturated rings.